The van der Waals surface area contributed by atoms with Crippen LogP contribution in [0.4, 0.5) is 0 Å². The molecule has 1 fully saturated rings. The van der Waals surface area contributed by atoms with Gasteiger partial charge in [-0.1, -0.05) is 41.9 Å². The molecule has 1 N–H and O–H groups in total. The fraction of sp³-hybridized carbons (Fsp3) is 0.385. The van der Waals surface area contributed by atoms with Crippen LogP contribution in [0.5, 0.6) is 0 Å². The first-order chi connectivity index (χ1) is 15.9. The standard InChI is InChI=1S/C26H28ClN3O3/c1-16(2)33-12-6-11-29-15-23(31)30-22(26(29)32)14-20-19-9-3-4-10-21(19)28-24(20)25(30)17-7-5-8-18(27)13-17/h3-5,7-10,13,16,22,25,28H,6,11-12,14-15H2,1-2H3/t22-,25?/m0/s1. The molecule has 0 radical (unpaired) electrons. The highest BCUT2D eigenvalue weighted by atomic mass is 35.5. The number of nitrogens with one attached hydrogen (secondary N) is 1. The van der Waals surface area contributed by atoms with Gasteiger partial charge < -0.3 is 19.5 Å². The molecule has 0 saturated carbocycles. The van der Waals surface area contributed by atoms with Gasteiger partial charge in [-0.3, -0.25) is 9.59 Å². The maximum Gasteiger partial charge on any atom is 0.246 e. The number of carbonyl (C=O) groups excluding carboxylic acids is 2. The van der Waals surface area contributed by atoms with Gasteiger partial charge in [0.1, 0.15) is 6.04 Å². The van der Waals surface area contributed by atoms with Crippen molar-refractivity contribution in [2.45, 2.75) is 44.9 Å². The maximum absolute atomic E-state index is 13.6. The minimum Gasteiger partial charge on any atom is -0.379 e. The van der Waals surface area contributed by atoms with E-state index in [1.165, 1.54) is 0 Å². The molecule has 33 heavy (non-hydrogen) atoms. The zero-order valence-electron chi connectivity index (χ0n) is 18.9. The van der Waals surface area contributed by atoms with Crippen LogP contribution in [-0.4, -0.2) is 58.4 Å². The smallest absolute Gasteiger partial charge is 0.246 e. The van der Waals surface area contributed by atoms with Crippen molar-refractivity contribution >= 4 is 34.3 Å². The van der Waals surface area contributed by atoms with Gasteiger partial charge in [-0.05, 0) is 49.6 Å². The lowest BCUT2D eigenvalue weighted by Crippen LogP contribution is -2.63. The summed E-state index contributed by atoms with van der Waals surface area (Å²) in [7, 11) is 0. The van der Waals surface area contributed by atoms with Crippen LogP contribution in [0.15, 0.2) is 48.5 Å². The molecule has 3 heterocycles. The third kappa shape index (κ3) is 4.02. The quantitative estimate of drug-likeness (QED) is 0.551. The summed E-state index contributed by atoms with van der Waals surface area (Å²) in [5, 5.41) is 1.71. The van der Waals surface area contributed by atoms with Crippen LogP contribution < -0.4 is 0 Å². The summed E-state index contributed by atoms with van der Waals surface area (Å²) in [6, 6.07) is 14.8. The van der Waals surface area contributed by atoms with Gasteiger partial charge in [0.2, 0.25) is 11.8 Å². The molecule has 6 nitrogen and oxygen atoms in total. The van der Waals surface area contributed by atoms with Gasteiger partial charge >= 0.3 is 0 Å². The Morgan fingerprint density at radius 3 is 2.76 bits per heavy atom. The topological polar surface area (TPSA) is 65.6 Å². The summed E-state index contributed by atoms with van der Waals surface area (Å²) < 4.78 is 5.62. The van der Waals surface area contributed by atoms with E-state index in [9.17, 15) is 9.59 Å². The van der Waals surface area contributed by atoms with E-state index in [1.54, 1.807) is 9.80 Å². The Morgan fingerprint density at radius 1 is 1.15 bits per heavy atom. The number of benzene rings is 2. The number of halogens is 1. The van der Waals surface area contributed by atoms with E-state index in [1.807, 2.05) is 56.3 Å². The number of amides is 2. The molecule has 172 valence electrons. The Morgan fingerprint density at radius 2 is 1.97 bits per heavy atom. The molecule has 1 unspecified atom stereocenters. The highest BCUT2D eigenvalue weighted by Crippen LogP contribution is 2.42. The second kappa shape index (κ2) is 8.84. The number of hydrogen-bond acceptors (Lipinski definition) is 3. The lowest BCUT2D eigenvalue weighted by Gasteiger charge is -2.47. The van der Waals surface area contributed by atoms with Crippen molar-refractivity contribution < 1.29 is 14.3 Å². The predicted octanol–water partition coefficient (Wildman–Crippen LogP) is 4.32. The second-order valence-corrected chi connectivity index (χ2v) is 9.51. The molecule has 2 aliphatic heterocycles. The van der Waals surface area contributed by atoms with Crippen LogP contribution in [0.1, 0.15) is 43.1 Å². The predicted molar refractivity (Wildman–Crippen MR) is 128 cm³/mol. The Balaban J connectivity index is 1.53. The summed E-state index contributed by atoms with van der Waals surface area (Å²) in [5.41, 5.74) is 3.98. The molecule has 2 atom stereocenters. The molecule has 2 aromatic carbocycles. The van der Waals surface area contributed by atoms with E-state index in [2.05, 4.69) is 11.1 Å². The normalized spacial score (nSPS) is 20.5. The molecule has 0 bridgehead atoms. The molecular weight excluding hydrogens is 438 g/mol. The number of H-pyrrole nitrogens is 1. The molecule has 2 aliphatic rings. The van der Waals surface area contributed by atoms with Crippen molar-refractivity contribution in [3.63, 3.8) is 0 Å². The molecule has 0 aliphatic carbocycles. The minimum atomic E-state index is -0.534. The first kappa shape index (κ1) is 22.0. The first-order valence-electron chi connectivity index (χ1n) is 11.5. The Bertz CT molecular complexity index is 1200. The van der Waals surface area contributed by atoms with Crippen molar-refractivity contribution in [1.82, 2.24) is 14.8 Å². The van der Waals surface area contributed by atoms with Crippen molar-refractivity contribution in [2.75, 3.05) is 19.7 Å². The van der Waals surface area contributed by atoms with Crippen LogP contribution in [-0.2, 0) is 20.7 Å². The molecular formula is C26H28ClN3O3. The summed E-state index contributed by atoms with van der Waals surface area (Å²) >= 11 is 6.33. The summed E-state index contributed by atoms with van der Waals surface area (Å²) in [6.45, 7) is 5.16. The average Bonchev–Trinajstić information content (AvgIpc) is 3.16. The highest BCUT2D eigenvalue weighted by molar-refractivity contribution is 6.30. The number of nitrogens with zero attached hydrogens (tertiary/aromatic N) is 2. The number of aromatic amines is 1. The van der Waals surface area contributed by atoms with Crippen LogP contribution in [0, 0.1) is 0 Å². The number of carbonyl (C=O) groups is 2. The Hall–Kier alpha value is -2.83. The van der Waals surface area contributed by atoms with E-state index < -0.39 is 6.04 Å². The van der Waals surface area contributed by atoms with Crippen LogP contribution in [0.2, 0.25) is 5.02 Å². The molecule has 7 heteroatoms. The first-order valence-corrected chi connectivity index (χ1v) is 11.9. The Kier molecular flexibility index (Phi) is 5.89. The van der Waals surface area contributed by atoms with E-state index >= 15 is 0 Å². The van der Waals surface area contributed by atoms with Crippen molar-refractivity contribution in [3.05, 3.63) is 70.4 Å². The van der Waals surface area contributed by atoms with Gasteiger partial charge in [0.25, 0.3) is 0 Å². The number of para-hydroxylation sites is 1. The number of ether oxygens (including phenoxy) is 1. The third-order valence-electron chi connectivity index (χ3n) is 6.53. The largest absolute Gasteiger partial charge is 0.379 e. The van der Waals surface area contributed by atoms with Gasteiger partial charge in [-0.25, -0.2) is 0 Å². The fourth-order valence-electron chi connectivity index (χ4n) is 5.11. The summed E-state index contributed by atoms with van der Waals surface area (Å²) in [4.78, 5) is 34.1. The van der Waals surface area contributed by atoms with Crippen LogP contribution >= 0.6 is 11.6 Å². The van der Waals surface area contributed by atoms with Gasteiger partial charge in [-0.15, -0.1) is 0 Å². The highest BCUT2D eigenvalue weighted by Gasteiger charge is 2.48. The third-order valence-corrected chi connectivity index (χ3v) is 6.77. The summed E-state index contributed by atoms with van der Waals surface area (Å²) in [6.07, 6.45) is 1.36. The van der Waals surface area contributed by atoms with E-state index in [-0.39, 0.29) is 30.5 Å². The zero-order chi connectivity index (χ0) is 23.1. The van der Waals surface area contributed by atoms with Gasteiger partial charge in [0, 0.05) is 41.2 Å². The van der Waals surface area contributed by atoms with Crippen molar-refractivity contribution in [3.8, 4) is 0 Å². The van der Waals surface area contributed by atoms with Crippen molar-refractivity contribution in [2.24, 2.45) is 0 Å². The number of hydrogen-bond donors (Lipinski definition) is 1. The van der Waals surface area contributed by atoms with Gasteiger partial charge in [-0.2, -0.15) is 0 Å². The maximum atomic E-state index is 13.6. The van der Waals surface area contributed by atoms with Crippen LogP contribution in [0.25, 0.3) is 10.9 Å². The van der Waals surface area contributed by atoms with E-state index in [0.717, 1.165) is 27.7 Å². The molecule has 3 aromatic rings. The zero-order valence-corrected chi connectivity index (χ0v) is 19.6. The molecule has 5 rings (SSSR count). The fourth-order valence-corrected chi connectivity index (χ4v) is 5.31. The lowest BCUT2D eigenvalue weighted by molar-refractivity contribution is -0.158. The summed E-state index contributed by atoms with van der Waals surface area (Å²) in [5.74, 6) is -0.0410. The molecule has 1 aromatic heterocycles. The number of fused-ring (bicyclic) bond motifs is 4. The second-order valence-electron chi connectivity index (χ2n) is 9.07. The molecule has 0 spiro atoms. The van der Waals surface area contributed by atoms with Gasteiger partial charge in [0.05, 0.1) is 18.7 Å². The lowest BCUT2D eigenvalue weighted by atomic mass is 9.86. The monoisotopic (exact) mass is 465 g/mol. The molecule has 1 saturated heterocycles. The number of rotatable bonds is 6. The van der Waals surface area contributed by atoms with E-state index in [4.69, 9.17) is 16.3 Å². The van der Waals surface area contributed by atoms with Crippen LogP contribution in [0.3, 0.4) is 0 Å². The average molecular weight is 466 g/mol. The minimum absolute atomic E-state index is 0.00195. The van der Waals surface area contributed by atoms with Crippen molar-refractivity contribution in [1.29, 1.82) is 0 Å². The number of piperazine rings is 1. The molecule has 2 amide bonds. The number of aromatic nitrogens is 1. The Labute approximate surface area is 198 Å². The van der Waals surface area contributed by atoms with E-state index in [0.29, 0.717) is 31.0 Å². The van der Waals surface area contributed by atoms with Gasteiger partial charge in [0.15, 0.2) is 0 Å². The SMILES string of the molecule is CC(C)OCCCN1CC(=O)N2C(c3cccc(Cl)c3)c3[nH]c4ccccc4c3C[C@H]2C1=O.